The van der Waals surface area contributed by atoms with Crippen molar-refractivity contribution in [2.75, 3.05) is 7.11 Å². The Morgan fingerprint density at radius 1 is 1.40 bits per heavy atom. The van der Waals surface area contributed by atoms with Crippen molar-refractivity contribution >= 4 is 6.21 Å². The van der Waals surface area contributed by atoms with Gasteiger partial charge in [0.25, 0.3) is 0 Å². The molecule has 0 spiro atoms. The minimum absolute atomic E-state index is 0.0825. The Labute approximate surface area is 89.7 Å². The molecule has 0 aliphatic heterocycles. The molecule has 0 saturated heterocycles. The lowest BCUT2D eigenvalue weighted by molar-refractivity contribution is 0.131. The van der Waals surface area contributed by atoms with Gasteiger partial charge >= 0.3 is 0 Å². The van der Waals surface area contributed by atoms with Crippen molar-refractivity contribution in [3.8, 4) is 5.75 Å². The number of nitrogens with zero attached hydrogens (tertiary/aromatic N) is 1. The lowest BCUT2D eigenvalue weighted by Gasteiger charge is -2.02. The Balaban J connectivity index is 2.38. The molecule has 0 aromatic heterocycles. The van der Waals surface area contributed by atoms with E-state index in [0.29, 0.717) is 6.61 Å². The molecule has 0 heterocycles. The maximum Gasteiger partial charge on any atom is 0.142 e. The van der Waals surface area contributed by atoms with Gasteiger partial charge in [-0.2, -0.15) is 0 Å². The summed E-state index contributed by atoms with van der Waals surface area (Å²) in [6.45, 7) is 2.27. The zero-order valence-corrected chi connectivity index (χ0v) is 9.01. The van der Waals surface area contributed by atoms with Crippen molar-refractivity contribution in [3.63, 3.8) is 0 Å². The summed E-state index contributed by atoms with van der Waals surface area (Å²) < 4.78 is 5.04. The second kappa shape index (κ2) is 6.03. The van der Waals surface area contributed by atoms with Gasteiger partial charge in [-0.05, 0) is 24.6 Å². The first kappa shape index (κ1) is 11.5. The molecule has 2 N–H and O–H groups in total. The first-order valence-corrected chi connectivity index (χ1v) is 4.76. The normalized spacial score (nSPS) is 12.7. The maximum absolute atomic E-state index is 5.46. The molecule has 15 heavy (non-hydrogen) atoms. The van der Waals surface area contributed by atoms with Crippen molar-refractivity contribution in [2.24, 2.45) is 10.9 Å². The molecule has 0 radical (unpaired) electrons. The molecule has 1 atom stereocenters. The molecule has 1 aromatic carbocycles. The standard InChI is InChI=1S/C11H16N2O2/c1-9(12)7-13-15-8-10-3-5-11(14-2)6-4-10/h3-7,9H,8,12H2,1-2H3/b13-7+. The van der Waals surface area contributed by atoms with Crippen LogP contribution in [0.3, 0.4) is 0 Å². The third-order valence-electron chi connectivity index (χ3n) is 1.76. The first-order valence-electron chi connectivity index (χ1n) is 4.76. The topological polar surface area (TPSA) is 56.8 Å². The SMILES string of the molecule is COc1ccc(CO/N=C/C(C)N)cc1. The minimum atomic E-state index is -0.0825. The van der Waals surface area contributed by atoms with Crippen LogP contribution in [0.4, 0.5) is 0 Å². The highest BCUT2D eigenvalue weighted by molar-refractivity contribution is 5.62. The highest BCUT2D eigenvalue weighted by atomic mass is 16.6. The van der Waals surface area contributed by atoms with Gasteiger partial charge in [-0.3, -0.25) is 0 Å². The van der Waals surface area contributed by atoms with E-state index >= 15 is 0 Å². The van der Waals surface area contributed by atoms with E-state index in [1.807, 2.05) is 31.2 Å². The largest absolute Gasteiger partial charge is 0.497 e. The zero-order valence-electron chi connectivity index (χ0n) is 9.01. The monoisotopic (exact) mass is 208 g/mol. The van der Waals surface area contributed by atoms with Gasteiger partial charge in [0.05, 0.1) is 13.3 Å². The molecule has 0 bridgehead atoms. The van der Waals surface area contributed by atoms with Crippen LogP contribution in [0.2, 0.25) is 0 Å². The Bertz CT molecular complexity index is 307. The van der Waals surface area contributed by atoms with Crippen LogP contribution in [-0.4, -0.2) is 19.4 Å². The number of ether oxygens (including phenoxy) is 1. The summed E-state index contributed by atoms with van der Waals surface area (Å²) in [5, 5.41) is 3.73. The van der Waals surface area contributed by atoms with Gasteiger partial charge in [0, 0.05) is 6.04 Å². The van der Waals surface area contributed by atoms with E-state index in [1.54, 1.807) is 13.3 Å². The summed E-state index contributed by atoms with van der Waals surface area (Å²) in [5.74, 6) is 0.831. The Kier molecular flexibility index (Phi) is 4.63. The van der Waals surface area contributed by atoms with Crippen molar-refractivity contribution in [1.82, 2.24) is 0 Å². The lowest BCUT2D eigenvalue weighted by Crippen LogP contribution is -2.15. The van der Waals surface area contributed by atoms with Gasteiger partial charge in [0.15, 0.2) is 0 Å². The third kappa shape index (κ3) is 4.46. The quantitative estimate of drug-likeness (QED) is 0.590. The second-order valence-electron chi connectivity index (χ2n) is 3.24. The van der Waals surface area contributed by atoms with Crippen molar-refractivity contribution in [2.45, 2.75) is 19.6 Å². The highest BCUT2D eigenvalue weighted by Crippen LogP contribution is 2.11. The van der Waals surface area contributed by atoms with Crippen LogP contribution in [0, 0.1) is 0 Å². The van der Waals surface area contributed by atoms with Crippen LogP contribution in [0.5, 0.6) is 5.75 Å². The van der Waals surface area contributed by atoms with Crippen LogP contribution < -0.4 is 10.5 Å². The fourth-order valence-corrected chi connectivity index (χ4v) is 0.973. The average molecular weight is 208 g/mol. The molecule has 1 rings (SSSR count). The summed E-state index contributed by atoms with van der Waals surface area (Å²) in [4.78, 5) is 5.05. The molecule has 82 valence electrons. The summed E-state index contributed by atoms with van der Waals surface area (Å²) in [6, 6.07) is 7.54. The zero-order chi connectivity index (χ0) is 11.1. The molecule has 1 unspecified atom stereocenters. The molecule has 4 heteroatoms. The van der Waals surface area contributed by atoms with Crippen LogP contribution in [0.25, 0.3) is 0 Å². The maximum atomic E-state index is 5.46. The van der Waals surface area contributed by atoms with Crippen LogP contribution in [0.1, 0.15) is 12.5 Å². The molecule has 0 aliphatic carbocycles. The van der Waals surface area contributed by atoms with Gasteiger partial charge in [0.2, 0.25) is 0 Å². The van der Waals surface area contributed by atoms with Crippen LogP contribution >= 0.6 is 0 Å². The number of hydrogen-bond acceptors (Lipinski definition) is 4. The lowest BCUT2D eigenvalue weighted by atomic mass is 10.2. The number of oxime groups is 1. The Morgan fingerprint density at radius 3 is 2.60 bits per heavy atom. The van der Waals surface area contributed by atoms with E-state index in [1.165, 1.54) is 0 Å². The number of nitrogens with two attached hydrogens (primary N) is 1. The molecule has 4 nitrogen and oxygen atoms in total. The molecule has 0 aliphatic rings. The summed E-state index contributed by atoms with van der Waals surface area (Å²) >= 11 is 0. The Morgan fingerprint density at radius 2 is 2.07 bits per heavy atom. The molecule has 1 aromatic rings. The fourth-order valence-electron chi connectivity index (χ4n) is 0.973. The molecule has 0 fully saturated rings. The number of benzene rings is 1. The van der Waals surface area contributed by atoms with Gasteiger partial charge in [0.1, 0.15) is 12.4 Å². The fraction of sp³-hybridized carbons (Fsp3) is 0.364. The predicted molar refractivity (Wildman–Crippen MR) is 59.9 cm³/mol. The van der Waals surface area contributed by atoms with E-state index in [-0.39, 0.29) is 6.04 Å². The smallest absolute Gasteiger partial charge is 0.142 e. The molecule has 0 amide bonds. The van der Waals surface area contributed by atoms with Crippen molar-refractivity contribution in [1.29, 1.82) is 0 Å². The predicted octanol–water partition coefficient (Wildman–Crippen LogP) is 1.54. The van der Waals surface area contributed by atoms with E-state index < -0.39 is 0 Å². The van der Waals surface area contributed by atoms with Crippen molar-refractivity contribution in [3.05, 3.63) is 29.8 Å². The van der Waals surface area contributed by atoms with E-state index in [4.69, 9.17) is 15.3 Å². The number of rotatable bonds is 5. The van der Waals surface area contributed by atoms with E-state index in [0.717, 1.165) is 11.3 Å². The molecular weight excluding hydrogens is 192 g/mol. The third-order valence-corrected chi connectivity index (χ3v) is 1.76. The number of methoxy groups -OCH3 is 1. The molecule has 0 saturated carbocycles. The summed E-state index contributed by atoms with van der Waals surface area (Å²) in [6.07, 6.45) is 1.56. The van der Waals surface area contributed by atoms with Gasteiger partial charge in [-0.1, -0.05) is 17.3 Å². The summed E-state index contributed by atoms with van der Waals surface area (Å²) in [5.41, 5.74) is 6.50. The minimum Gasteiger partial charge on any atom is -0.497 e. The van der Waals surface area contributed by atoms with E-state index in [2.05, 4.69) is 5.16 Å². The van der Waals surface area contributed by atoms with Crippen LogP contribution in [0.15, 0.2) is 29.4 Å². The molecular formula is C11H16N2O2. The van der Waals surface area contributed by atoms with Crippen LogP contribution in [-0.2, 0) is 11.4 Å². The van der Waals surface area contributed by atoms with Gasteiger partial charge in [-0.15, -0.1) is 0 Å². The number of hydrogen-bond donors (Lipinski definition) is 1. The van der Waals surface area contributed by atoms with Crippen molar-refractivity contribution < 1.29 is 9.57 Å². The highest BCUT2D eigenvalue weighted by Gasteiger charge is 1.94. The average Bonchev–Trinajstić information content (AvgIpc) is 2.25. The second-order valence-corrected chi connectivity index (χ2v) is 3.24. The first-order chi connectivity index (χ1) is 7.22. The van der Waals surface area contributed by atoms with Gasteiger partial charge < -0.3 is 15.3 Å². The summed E-state index contributed by atoms with van der Waals surface area (Å²) in [7, 11) is 1.64. The van der Waals surface area contributed by atoms with E-state index in [9.17, 15) is 0 Å². The Hall–Kier alpha value is -1.55. The van der Waals surface area contributed by atoms with Gasteiger partial charge in [-0.25, -0.2) is 0 Å².